The third kappa shape index (κ3) is 5.56. The van der Waals surface area contributed by atoms with Crippen molar-refractivity contribution in [1.29, 1.82) is 0 Å². The fourth-order valence-corrected chi connectivity index (χ4v) is 2.99. The van der Waals surface area contributed by atoms with Gasteiger partial charge in [-0.2, -0.15) is 0 Å². The number of methoxy groups -OCH3 is 1. The van der Waals surface area contributed by atoms with Gasteiger partial charge in [-0.25, -0.2) is 14.8 Å². The molecule has 2 aromatic rings. The van der Waals surface area contributed by atoms with Gasteiger partial charge in [0.25, 0.3) is 0 Å². The highest BCUT2D eigenvalue weighted by Crippen LogP contribution is 2.11. The molecule has 2 heterocycles. The Labute approximate surface area is 170 Å². The highest BCUT2D eigenvalue weighted by molar-refractivity contribution is 5.86. The van der Waals surface area contributed by atoms with Crippen molar-refractivity contribution in [3.05, 3.63) is 48.3 Å². The fraction of sp³-hybridized carbons (Fsp3) is 0.400. The standard InChI is InChI=1S/C20H26N6O3/c1-15(18(27)23-14-16-4-6-17(29-2)7-5-16)24-20(28)26-12-10-25(11-13-26)19-21-8-3-9-22-19/h3-9,15H,10-14H2,1-2H3,(H,23,27)(H,24,28)/t15-/m1/s1. The minimum atomic E-state index is -0.628. The van der Waals surface area contributed by atoms with Gasteiger partial charge in [-0.15, -0.1) is 0 Å². The summed E-state index contributed by atoms with van der Waals surface area (Å²) in [6.07, 6.45) is 3.40. The first-order valence-electron chi connectivity index (χ1n) is 9.55. The number of amides is 3. The molecule has 1 aromatic carbocycles. The van der Waals surface area contributed by atoms with Crippen LogP contribution in [0.1, 0.15) is 12.5 Å². The zero-order valence-corrected chi connectivity index (χ0v) is 16.7. The Kier molecular flexibility index (Phi) is 6.83. The van der Waals surface area contributed by atoms with E-state index in [1.165, 1.54) is 0 Å². The third-order valence-corrected chi connectivity index (χ3v) is 4.76. The summed E-state index contributed by atoms with van der Waals surface area (Å²) in [7, 11) is 1.61. The van der Waals surface area contributed by atoms with Crippen LogP contribution < -0.4 is 20.3 Å². The van der Waals surface area contributed by atoms with Gasteiger partial charge >= 0.3 is 6.03 Å². The molecule has 0 unspecified atom stereocenters. The van der Waals surface area contributed by atoms with Crippen molar-refractivity contribution in [2.45, 2.75) is 19.5 Å². The van der Waals surface area contributed by atoms with Gasteiger partial charge in [0, 0.05) is 45.1 Å². The van der Waals surface area contributed by atoms with Gasteiger partial charge in [0.2, 0.25) is 11.9 Å². The first-order chi connectivity index (χ1) is 14.1. The quantitative estimate of drug-likeness (QED) is 0.754. The summed E-state index contributed by atoms with van der Waals surface area (Å²) in [5.74, 6) is 1.20. The number of aromatic nitrogens is 2. The molecule has 3 rings (SSSR count). The number of carbonyl (C=O) groups excluding carboxylic acids is 2. The van der Waals surface area contributed by atoms with Gasteiger partial charge in [-0.1, -0.05) is 12.1 Å². The number of benzene rings is 1. The van der Waals surface area contributed by atoms with E-state index in [-0.39, 0.29) is 11.9 Å². The van der Waals surface area contributed by atoms with Crippen molar-refractivity contribution in [3.63, 3.8) is 0 Å². The first kappa shape index (κ1) is 20.4. The number of nitrogens with zero attached hydrogens (tertiary/aromatic N) is 4. The van der Waals surface area contributed by atoms with Crippen LogP contribution >= 0.6 is 0 Å². The monoisotopic (exact) mass is 398 g/mol. The maximum atomic E-state index is 12.5. The normalized spacial score (nSPS) is 14.8. The van der Waals surface area contributed by atoms with E-state index < -0.39 is 6.04 Å². The molecule has 0 saturated carbocycles. The largest absolute Gasteiger partial charge is 0.497 e. The van der Waals surface area contributed by atoms with Crippen molar-refractivity contribution in [3.8, 4) is 5.75 Å². The highest BCUT2D eigenvalue weighted by Gasteiger charge is 2.24. The first-order valence-corrected chi connectivity index (χ1v) is 9.55. The summed E-state index contributed by atoms with van der Waals surface area (Å²) in [6.45, 7) is 4.45. The van der Waals surface area contributed by atoms with Crippen molar-refractivity contribution < 1.29 is 14.3 Å². The smallest absolute Gasteiger partial charge is 0.318 e. The molecule has 0 spiro atoms. The number of piperazine rings is 1. The van der Waals surface area contributed by atoms with Crippen LogP contribution in [-0.2, 0) is 11.3 Å². The molecule has 1 atom stereocenters. The van der Waals surface area contributed by atoms with Gasteiger partial charge in [0.1, 0.15) is 11.8 Å². The molecular weight excluding hydrogens is 372 g/mol. The molecule has 0 aliphatic carbocycles. The van der Waals surface area contributed by atoms with E-state index in [0.29, 0.717) is 38.7 Å². The summed E-state index contributed by atoms with van der Waals surface area (Å²) in [5, 5.41) is 5.60. The lowest BCUT2D eigenvalue weighted by Gasteiger charge is -2.35. The van der Waals surface area contributed by atoms with E-state index in [2.05, 4.69) is 20.6 Å². The lowest BCUT2D eigenvalue weighted by atomic mass is 10.2. The number of nitrogens with one attached hydrogen (secondary N) is 2. The van der Waals surface area contributed by atoms with Crippen LogP contribution in [0.15, 0.2) is 42.7 Å². The Morgan fingerprint density at radius 3 is 2.38 bits per heavy atom. The van der Waals surface area contributed by atoms with Crippen LogP contribution in [0.5, 0.6) is 5.75 Å². The predicted molar refractivity (Wildman–Crippen MR) is 109 cm³/mol. The molecule has 2 N–H and O–H groups in total. The minimum Gasteiger partial charge on any atom is -0.497 e. The number of ether oxygens (including phenoxy) is 1. The number of anilines is 1. The second-order valence-electron chi connectivity index (χ2n) is 6.76. The van der Waals surface area contributed by atoms with Gasteiger partial charge in [-0.05, 0) is 30.7 Å². The van der Waals surface area contributed by atoms with E-state index >= 15 is 0 Å². The molecule has 0 radical (unpaired) electrons. The number of rotatable bonds is 6. The van der Waals surface area contributed by atoms with Gasteiger partial charge in [0.15, 0.2) is 0 Å². The van der Waals surface area contributed by atoms with Crippen molar-refractivity contribution in [1.82, 2.24) is 25.5 Å². The van der Waals surface area contributed by atoms with Gasteiger partial charge < -0.3 is 25.2 Å². The van der Waals surface area contributed by atoms with Crippen molar-refractivity contribution in [2.75, 3.05) is 38.2 Å². The summed E-state index contributed by atoms with van der Waals surface area (Å²) in [6, 6.07) is 8.35. The van der Waals surface area contributed by atoms with E-state index in [1.807, 2.05) is 29.2 Å². The SMILES string of the molecule is COc1ccc(CNC(=O)[C@@H](C)NC(=O)N2CCN(c3ncccn3)CC2)cc1. The Bertz CT molecular complexity index is 807. The maximum Gasteiger partial charge on any atom is 0.318 e. The van der Waals surface area contributed by atoms with Crippen LogP contribution in [0.25, 0.3) is 0 Å². The molecule has 0 bridgehead atoms. The topological polar surface area (TPSA) is 99.7 Å². The second kappa shape index (κ2) is 9.72. The number of carbonyl (C=O) groups is 2. The molecule has 154 valence electrons. The fourth-order valence-electron chi connectivity index (χ4n) is 2.99. The molecule has 1 aliphatic rings. The van der Waals surface area contributed by atoms with Crippen LogP contribution in [-0.4, -0.2) is 66.1 Å². The highest BCUT2D eigenvalue weighted by atomic mass is 16.5. The van der Waals surface area contributed by atoms with Gasteiger partial charge in [0.05, 0.1) is 7.11 Å². The van der Waals surface area contributed by atoms with E-state index in [9.17, 15) is 9.59 Å². The number of urea groups is 1. The second-order valence-corrected chi connectivity index (χ2v) is 6.76. The Morgan fingerprint density at radius 2 is 1.76 bits per heavy atom. The molecule has 3 amide bonds. The lowest BCUT2D eigenvalue weighted by molar-refractivity contribution is -0.122. The summed E-state index contributed by atoms with van der Waals surface area (Å²) < 4.78 is 5.12. The lowest BCUT2D eigenvalue weighted by Crippen LogP contribution is -2.55. The molecule has 1 aromatic heterocycles. The third-order valence-electron chi connectivity index (χ3n) is 4.76. The number of hydrogen-bond acceptors (Lipinski definition) is 6. The summed E-state index contributed by atoms with van der Waals surface area (Å²) in [5.41, 5.74) is 0.955. The van der Waals surface area contributed by atoms with Crippen LogP contribution in [0.4, 0.5) is 10.7 Å². The van der Waals surface area contributed by atoms with E-state index in [1.54, 1.807) is 37.4 Å². The Hall–Kier alpha value is -3.36. The van der Waals surface area contributed by atoms with E-state index in [4.69, 9.17) is 4.74 Å². The molecule has 9 heteroatoms. The Morgan fingerprint density at radius 1 is 1.10 bits per heavy atom. The molecule has 1 fully saturated rings. The average Bonchev–Trinajstić information content (AvgIpc) is 2.78. The molecule has 9 nitrogen and oxygen atoms in total. The molecule has 1 saturated heterocycles. The van der Waals surface area contributed by atoms with Crippen LogP contribution in [0.3, 0.4) is 0 Å². The van der Waals surface area contributed by atoms with Crippen LogP contribution in [0, 0.1) is 0 Å². The number of hydrogen-bond donors (Lipinski definition) is 2. The Balaban J connectivity index is 1.42. The molecular formula is C20H26N6O3. The molecule has 1 aliphatic heterocycles. The van der Waals surface area contributed by atoms with Crippen molar-refractivity contribution >= 4 is 17.9 Å². The van der Waals surface area contributed by atoms with E-state index in [0.717, 1.165) is 11.3 Å². The zero-order chi connectivity index (χ0) is 20.6. The van der Waals surface area contributed by atoms with Crippen molar-refractivity contribution in [2.24, 2.45) is 0 Å². The minimum absolute atomic E-state index is 0.231. The summed E-state index contributed by atoms with van der Waals surface area (Å²) in [4.78, 5) is 37.0. The average molecular weight is 398 g/mol. The van der Waals surface area contributed by atoms with Crippen LogP contribution in [0.2, 0.25) is 0 Å². The molecule has 29 heavy (non-hydrogen) atoms. The summed E-state index contributed by atoms with van der Waals surface area (Å²) >= 11 is 0. The zero-order valence-electron chi connectivity index (χ0n) is 16.7. The maximum absolute atomic E-state index is 12.5. The van der Waals surface area contributed by atoms with Gasteiger partial charge in [-0.3, -0.25) is 4.79 Å². The predicted octanol–water partition coefficient (Wildman–Crippen LogP) is 1.02.